The van der Waals surface area contributed by atoms with E-state index in [1.54, 1.807) is 0 Å². The number of hydrogen-bond acceptors (Lipinski definition) is 2. The van der Waals surface area contributed by atoms with Gasteiger partial charge in [-0.2, -0.15) is 0 Å². The van der Waals surface area contributed by atoms with Crippen LogP contribution in [-0.4, -0.2) is 0 Å². The predicted molar refractivity (Wildman–Crippen MR) is 149 cm³/mol. The van der Waals surface area contributed by atoms with Crippen LogP contribution in [0.25, 0.3) is 42.4 Å². The zero-order valence-corrected chi connectivity index (χ0v) is 20.5. The van der Waals surface area contributed by atoms with Crippen molar-refractivity contribution >= 4 is 42.8 Å². The van der Waals surface area contributed by atoms with Crippen LogP contribution in [0.2, 0.25) is 0 Å². The molecule has 0 bridgehead atoms. The molecule has 0 saturated carbocycles. The average Bonchev–Trinajstić information content (AvgIpc) is 3.51. The third-order valence-corrected chi connectivity index (χ3v) is 9.30. The van der Waals surface area contributed by atoms with Gasteiger partial charge in [0.2, 0.25) is 0 Å². The monoisotopic (exact) mass is 472 g/mol. The molecule has 0 unspecified atom stereocenters. The van der Waals surface area contributed by atoms with Crippen molar-refractivity contribution < 1.29 is 0 Å². The first kappa shape index (κ1) is 20.2. The van der Waals surface area contributed by atoms with Gasteiger partial charge in [-0.25, -0.2) is 0 Å². The van der Waals surface area contributed by atoms with Crippen molar-refractivity contribution in [2.24, 2.45) is 0 Å². The highest BCUT2D eigenvalue weighted by Crippen LogP contribution is 2.58. The molecule has 7 rings (SSSR count). The lowest BCUT2D eigenvalue weighted by Gasteiger charge is -2.29. The molecule has 4 aromatic carbocycles. The van der Waals surface area contributed by atoms with Gasteiger partial charge in [0, 0.05) is 36.2 Å². The third-order valence-electron chi connectivity index (χ3n) is 7.14. The summed E-state index contributed by atoms with van der Waals surface area (Å²) in [5, 5.41) is 5.17. The Kier molecular flexibility index (Phi) is 4.89. The first-order chi connectivity index (χ1) is 16.9. The molecule has 2 aromatic heterocycles. The van der Waals surface area contributed by atoms with Gasteiger partial charge in [-0.15, -0.1) is 22.7 Å². The van der Waals surface area contributed by atoms with Crippen molar-refractivity contribution in [1.29, 1.82) is 0 Å². The van der Waals surface area contributed by atoms with Gasteiger partial charge in [0.1, 0.15) is 0 Å². The van der Waals surface area contributed by atoms with Crippen LogP contribution in [0.1, 0.15) is 21.6 Å². The van der Waals surface area contributed by atoms with Crippen LogP contribution in [0, 0.1) is 0 Å². The van der Waals surface area contributed by atoms with E-state index in [4.69, 9.17) is 0 Å². The number of fused-ring (bicyclic) bond motifs is 9. The van der Waals surface area contributed by atoms with Crippen LogP contribution in [-0.2, 0) is 25.7 Å². The molecule has 164 valence electrons. The van der Waals surface area contributed by atoms with Crippen molar-refractivity contribution in [3.8, 4) is 22.3 Å². The highest BCUT2D eigenvalue weighted by Gasteiger charge is 2.31. The molecule has 0 saturated heterocycles. The first-order valence-electron chi connectivity index (χ1n) is 12.0. The molecule has 0 fully saturated rings. The molecule has 0 nitrogen and oxygen atoms in total. The van der Waals surface area contributed by atoms with Gasteiger partial charge in [-0.05, 0) is 71.0 Å². The minimum Gasteiger partial charge on any atom is -0.143 e. The maximum absolute atomic E-state index is 2.47. The summed E-state index contributed by atoms with van der Waals surface area (Å²) in [5.41, 5.74) is 10.3. The summed E-state index contributed by atoms with van der Waals surface area (Å²) >= 11 is 3.91. The highest BCUT2D eigenvalue weighted by atomic mass is 32.1. The number of aryl methyl sites for hydroxylation is 4. The molecule has 0 atom stereocenters. The lowest BCUT2D eigenvalue weighted by molar-refractivity contribution is 0.961. The van der Waals surface area contributed by atoms with E-state index in [2.05, 4.69) is 96.4 Å². The summed E-state index contributed by atoms with van der Waals surface area (Å²) in [6, 6.07) is 33.5. The Morgan fingerprint density at radius 3 is 2.03 bits per heavy atom. The van der Waals surface area contributed by atoms with Crippen molar-refractivity contribution in [3.05, 3.63) is 118 Å². The fourth-order valence-electron chi connectivity index (χ4n) is 5.48. The second kappa shape index (κ2) is 8.23. The smallest absolute Gasteiger partial charge is 0.0445 e. The molecule has 6 aromatic rings. The molecule has 0 radical (unpaired) electrons. The van der Waals surface area contributed by atoms with E-state index < -0.39 is 0 Å². The molecule has 2 heterocycles. The van der Waals surface area contributed by atoms with Crippen molar-refractivity contribution in [3.63, 3.8) is 0 Å². The Labute approximate surface area is 208 Å². The van der Waals surface area contributed by atoms with E-state index in [1.807, 2.05) is 22.7 Å². The molecule has 0 aliphatic heterocycles. The van der Waals surface area contributed by atoms with Crippen LogP contribution in [0.5, 0.6) is 0 Å². The minimum atomic E-state index is 1.09. The van der Waals surface area contributed by atoms with Gasteiger partial charge < -0.3 is 0 Å². The van der Waals surface area contributed by atoms with Crippen LogP contribution in [0.4, 0.5) is 0 Å². The summed E-state index contributed by atoms with van der Waals surface area (Å²) in [6.07, 6.45) is 4.38. The quantitative estimate of drug-likeness (QED) is 0.226. The SMILES string of the molecule is c1ccc(CCc2cc3c(s2)c2c(c4ccsc43)-c3c(CCc4ccccc4)cccc3-2)cc1. The maximum Gasteiger partial charge on any atom is 0.0445 e. The van der Waals surface area contributed by atoms with E-state index >= 15 is 0 Å². The van der Waals surface area contributed by atoms with Crippen molar-refractivity contribution in [2.75, 3.05) is 0 Å². The Morgan fingerprint density at radius 1 is 0.529 bits per heavy atom. The van der Waals surface area contributed by atoms with Crippen molar-refractivity contribution in [1.82, 2.24) is 0 Å². The van der Waals surface area contributed by atoms with Crippen LogP contribution < -0.4 is 0 Å². The molecular weight excluding hydrogens is 448 g/mol. The van der Waals surface area contributed by atoms with Gasteiger partial charge in [0.25, 0.3) is 0 Å². The molecule has 0 N–H and O–H groups in total. The number of benzene rings is 4. The zero-order chi connectivity index (χ0) is 22.5. The van der Waals surface area contributed by atoms with E-state index in [-0.39, 0.29) is 0 Å². The van der Waals surface area contributed by atoms with E-state index in [0.29, 0.717) is 0 Å². The fourth-order valence-corrected chi connectivity index (χ4v) is 7.70. The van der Waals surface area contributed by atoms with Crippen LogP contribution >= 0.6 is 22.7 Å². The highest BCUT2D eigenvalue weighted by molar-refractivity contribution is 7.22. The topological polar surface area (TPSA) is 0 Å². The van der Waals surface area contributed by atoms with Gasteiger partial charge >= 0.3 is 0 Å². The number of thiophene rings is 2. The lowest BCUT2D eigenvalue weighted by Crippen LogP contribution is -2.05. The summed E-state index contributed by atoms with van der Waals surface area (Å²) in [5.74, 6) is 0. The summed E-state index contributed by atoms with van der Waals surface area (Å²) in [7, 11) is 0. The van der Waals surface area contributed by atoms with Gasteiger partial charge in [-0.3, -0.25) is 0 Å². The molecule has 1 aliphatic carbocycles. The summed E-state index contributed by atoms with van der Waals surface area (Å²) in [4.78, 5) is 1.50. The number of rotatable bonds is 6. The van der Waals surface area contributed by atoms with E-state index in [0.717, 1.165) is 25.7 Å². The fraction of sp³-hybridized carbons (Fsp3) is 0.125. The normalized spacial score (nSPS) is 12.0. The lowest BCUT2D eigenvalue weighted by atomic mass is 9.75. The molecule has 0 spiro atoms. The van der Waals surface area contributed by atoms with Gasteiger partial charge in [0.15, 0.2) is 0 Å². The average molecular weight is 473 g/mol. The third kappa shape index (κ3) is 3.25. The second-order valence-corrected chi connectivity index (χ2v) is 11.2. The summed E-state index contributed by atoms with van der Waals surface area (Å²) < 4.78 is 2.94. The maximum atomic E-state index is 2.47. The number of hydrogen-bond donors (Lipinski definition) is 0. The Balaban J connectivity index is 1.29. The molecule has 2 heteroatoms. The van der Waals surface area contributed by atoms with E-state index in [9.17, 15) is 0 Å². The van der Waals surface area contributed by atoms with Gasteiger partial charge in [0.05, 0.1) is 0 Å². The Bertz CT molecular complexity index is 1640. The molecule has 0 amide bonds. The predicted octanol–water partition coefficient (Wildman–Crippen LogP) is 9.33. The second-order valence-electron chi connectivity index (χ2n) is 9.18. The van der Waals surface area contributed by atoms with Crippen molar-refractivity contribution in [2.45, 2.75) is 25.7 Å². The standard InChI is InChI=1S/C32H24S2/c1-3-8-21(9-4-1)14-16-23-12-7-13-25-28(23)29-26-18-19-33-31(26)27-20-24(34-32(27)30(25)29)17-15-22-10-5-2-6-11-22/h1-13,18-20H,14-17H2. The first-order valence-corrected chi connectivity index (χ1v) is 13.7. The van der Waals surface area contributed by atoms with Gasteiger partial charge in [-0.1, -0.05) is 78.9 Å². The largest absolute Gasteiger partial charge is 0.143 e. The van der Waals surface area contributed by atoms with Crippen LogP contribution in [0.15, 0.2) is 96.4 Å². The Morgan fingerprint density at radius 2 is 1.26 bits per heavy atom. The molecular formula is C32H24S2. The molecule has 1 aliphatic rings. The molecule has 34 heavy (non-hydrogen) atoms. The zero-order valence-electron chi connectivity index (χ0n) is 18.9. The minimum absolute atomic E-state index is 1.09. The summed E-state index contributed by atoms with van der Waals surface area (Å²) in [6.45, 7) is 0. The van der Waals surface area contributed by atoms with Crippen LogP contribution in [0.3, 0.4) is 0 Å². The Hall–Kier alpha value is -3.20. The van der Waals surface area contributed by atoms with E-state index in [1.165, 1.54) is 64.0 Å².